The highest BCUT2D eigenvalue weighted by molar-refractivity contribution is 7.10. The lowest BCUT2D eigenvalue weighted by Gasteiger charge is -2.28. The van der Waals surface area contributed by atoms with Crippen LogP contribution in [-0.2, 0) is 28.9 Å². The Hall–Kier alpha value is -1.65. The highest BCUT2D eigenvalue weighted by Crippen LogP contribution is 2.31. The second-order valence-corrected chi connectivity index (χ2v) is 7.30. The molecular weight excluding hydrogens is 306 g/mol. The summed E-state index contributed by atoms with van der Waals surface area (Å²) in [5.41, 5.74) is 3.84. The highest BCUT2D eigenvalue weighted by Gasteiger charge is 2.26. The zero-order valence-electron chi connectivity index (χ0n) is 13.2. The zero-order valence-corrected chi connectivity index (χ0v) is 14.0. The SMILES string of the molecule is O=C(C[C@@H]1OCCc2ccccc21)N1CCCc2sccc2C1. The monoisotopic (exact) mass is 327 g/mol. The molecule has 3 heterocycles. The Kier molecular flexibility index (Phi) is 4.19. The number of benzene rings is 1. The van der Waals surface area contributed by atoms with E-state index in [4.69, 9.17) is 4.74 Å². The topological polar surface area (TPSA) is 29.5 Å². The predicted molar refractivity (Wildman–Crippen MR) is 91.5 cm³/mol. The number of thiophene rings is 1. The minimum atomic E-state index is -0.0855. The van der Waals surface area contributed by atoms with Gasteiger partial charge in [0.2, 0.25) is 5.91 Å². The Balaban J connectivity index is 1.48. The molecule has 4 heteroatoms. The fraction of sp³-hybridized carbons (Fsp3) is 0.421. The van der Waals surface area contributed by atoms with Crippen LogP contribution in [0.4, 0.5) is 0 Å². The molecule has 0 saturated heterocycles. The standard InChI is InChI=1S/C19H21NO2S/c21-19(20-9-3-6-18-15(13-20)8-11-23-18)12-17-16-5-2-1-4-14(16)7-10-22-17/h1-2,4-5,8,11,17H,3,6-7,9-10,12-13H2/t17-/m0/s1. The Morgan fingerprint density at radius 2 is 2.13 bits per heavy atom. The third kappa shape index (κ3) is 3.06. The van der Waals surface area contributed by atoms with E-state index < -0.39 is 0 Å². The van der Waals surface area contributed by atoms with Crippen LogP contribution in [0.15, 0.2) is 35.7 Å². The number of hydrogen-bond donors (Lipinski definition) is 0. The van der Waals surface area contributed by atoms with Crippen molar-refractivity contribution in [3.63, 3.8) is 0 Å². The minimum absolute atomic E-state index is 0.0855. The van der Waals surface area contributed by atoms with Gasteiger partial charge in [0.1, 0.15) is 0 Å². The lowest BCUT2D eigenvalue weighted by Crippen LogP contribution is -2.33. The van der Waals surface area contributed by atoms with Crippen LogP contribution in [0.5, 0.6) is 0 Å². The third-order valence-corrected chi connectivity index (χ3v) is 5.86. The fourth-order valence-electron chi connectivity index (χ4n) is 3.59. The molecule has 2 aromatic rings. The lowest BCUT2D eigenvalue weighted by molar-refractivity contribution is -0.135. The number of ether oxygens (including phenoxy) is 1. The molecule has 0 spiro atoms. The van der Waals surface area contributed by atoms with E-state index in [1.807, 2.05) is 22.3 Å². The van der Waals surface area contributed by atoms with E-state index in [1.165, 1.54) is 21.6 Å². The van der Waals surface area contributed by atoms with E-state index in [2.05, 4.69) is 29.6 Å². The van der Waals surface area contributed by atoms with Gasteiger partial charge in [0.25, 0.3) is 0 Å². The van der Waals surface area contributed by atoms with Crippen molar-refractivity contribution in [2.75, 3.05) is 13.2 Å². The van der Waals surface area contributed by atoms with Gasteiger partial charge in [-0.1, -0.05) is 24.3 Å². The predicted octanol–water partition coefficient (Wildman–Crippen LogP) is 3.73. The van der Waals surface area contributed by atoms with Crippen molar-refractivity contribution in [1.29, 1.82) is 0 Å². The van der Waals surface area contributed by atoms with Crippen LogP contribution in [-0.4, -0.2) is 24.0 Å². The van der Waals surface area contributed by atoms with E-state index >= 15 is 0 Å². The molecule has 0 N–H and O–H groups in total. The molecule has 2 aliphatic heterocycles. The van der Waals surface area contributed by atoms with Gasteiger partial charge < -0.3 is 9.64 Å². The van der Waals surface area contributed by atoms with Crippen LogP contribution < -0.4 is 0 Å². The molecule has 23 heavy (non-hydrogen) atoms. The normalized spacial score (nSPS) is 20.5. The van der Waals surface area contributed by atoms with Crippen molar-refractivity contribution in [2.24, 2.45) is 0 Å². The van der Waals surface area contributed by atoms with E-state index in [-0.39, 0.29) is 12.0 Å². The van der Waals surface area contributed by atoms with E-state index in [9.17, 15) is 4.79 Å². The number of aryl methyl sites for hydroxylation is 1. The van der Waals surface area contributed by atoms with Gasteiger partial charge in [0.15, 0.2) is 0 Å². The summed E-state index contributed by atoms with van der Waals surface area (Å²) >= 11 is 1.82. The van der Waals surface area contributed by atoms with E-state index in [0.717, 1.165) is 32.4 Å². The van der Waals surface area contributed by atoms with Crippen LogP contribution in [0, 0.1) is 0 Å². The lowest BCUT2D eigenvalue weighted by atomic mass is 9.95. The average molecular weight is 327 g/mol. The van der Waals surface area contributed by atoms with Crippen LogP contribution in [0.2, 0.25) is 0 Å². The summed E-state index contributed by atoms with van der Waals surface area (Å²) in [6.07, 6.45) is 3.47. The smallest absolute Gasteiger partial charge is 0.225 e. The van der Waals surface area contributed by atoms with Gasteiger partial charge in [-0.05, 0) is 47.4 Å². The maximum atomic E-state index is 12.8. The number of amides is 1. The van der Waals surface area contributed by atoms with E-state index in [1.54, 1.807) is 0 Å². The number of fused-ring (bicyclic) bond motifs is 2. The molecule has 3 nitrogen and oxygen atoms in total. The second kappa shape index (κ2) is 6.46. The first-order valence-electron chi connectivity index (χ1n) is 8.33. The summed E-state index contributed by atoms with van der Waals surface area (Å²) in [5.74, 6) is 0.214. The van der Waals surface area contributed by atoms with Crippen molar-refractivity contribution in [3.8, 4) is 0 Å². The molecular formula is C19H21NO2S. The number of carbonyl (C=O) groups is 1. The first-order chi connectivity index (χ1) is 11.3. The van der Waals surface area contributed by atoms with Crippen molar-refractivity contribution in [1.82, 2.24) is 4.90 Å². The average Bonchev–Trinajstić information content (AvgIpc) is 2.92. The van der Waals surface area contributed by atoms with Crippen LogP contribution >= 0.6 is 11.3 Å². The van der Waals surface area contributed by atoms with Gasteiger partial charge in [-0.25, -0.2) is 0 Å². The molecule has 0 radical (unpaired) electrons. The highest BCUT2D eigenvalue weighted by atomic mass is 32.1. The van der Waals surface area contributed by atoms with Gasteiger partial charge in [-0.3, -0.25) is 4.79 Å². The largest absolute Gasteiger partial charge is 0.373 e. The quantitative estimate of drug-likeness (QED) is 0.841. The van der Waals surface area contributed by atoms with E-state index in [0.29, 0.717) is 13.0 Å². The van der Waals surface area contributed by atoms with Gasteiger partial charge in [0, 0.05) is 18.0 Å². The number of rotatable bonds is 2. The molecule has 1 aromatic carbocycles. The van der Waals surface area contributed by atoms with Crippen molar-refractivity contribution >= 4 is 17.2 Å². The first-order valence-corrected chi connectivity index (χ1v) is 9.21. The Bertz CT molecular complexity index is 709. The molecule has 0 bridgehead atoms. The minimum Gasteiger partial charge on any atom is -0.373 e. The van der Waals surface area contributed by atoms with Crippen LogP contribution in [0.25, 0.3) is 0 Å². The van der Waals surface area contributed by atoms with Crippen molar-refractivity contribution < 1.29 is 9.53 Å². The van der Waals surface area contributed by atoms with Crippen molar-refractivity contribution in [2.45, 2.75) is 38.3 Å². The van der Waals surface area contributed by atoms with Crippen LogP contribution in [0.1, 0.15) is 40.5 Å². The summed E-state index contributed by atoms with van der Waals surface area (Å²) in [6, 6.07) is 10.5. The van der Waals surface area contributed by atoms with Gasteiger partial charge in [-0.2, -0.15) is 0 Å². The summed E-state index contributed by atoms with van der Waals surface area (Å²) < 4.78 is 5.91. The molecule has 0 fully saturated rings. The summed E-state index contributed by atoms with van der Waals surface area (Å²) in [7, 11) is 0. The third-order valence-electron chi connectivity index (χ3n) is 4.84. The van der Waals surface area contributed by atoms with Crippen LogP contribution in [0.3, 0.4) is 0 Å². The number of carbonyl (C=O) groups excluding carboxylic acids is 1. The Morgan fingerprint density at radius 3 is 3.09 bits per heavy atom. The maximum Gasteiger partial charge on any atom is 0.225 e. The molecule has 0 saturated carbocycles. The second-order valence-electron chi connectivity index (χ2n) is 6.30. The molecule has 2 aliphatic rings. The molecule has 4 rings (SSSR count). The molecule has 1 atom stereocenters. The number of nitrogens with zero attached hydrogens (tertiary/aromatic N) is 1. The van der Waals surface area contributed by atoms with Gasteiger partial charge in [-0.15, -0.1) is 11.3 Å². The maximum absolute atomic E-state index is 12.8. The molecule has 1 amide bonds. The Labute approximate surface area is 140 Å². The summed E-state index contributed by atoms with van der Waals surface area (Å²) in [5, 5.41) is 2.14. The zero-order chi connectivity index (χ0) is 15.6. The van der Waals surface area contributed by atoms with Gasteiger partial charge >= 0.3 is 0 Å². The molecule has 0 unspecified atom stereocenters. The molecule has 0 aliphatic carbocycles. The number of hydrogen-bond acceptors (Lipinski definition) is 3. The fourth-order valence-corrected chi connectivity index (χ4v) is 4.53. The summed E-state index contributed by atoms with van der Waals surface area (Å²) in [4.78, 5) is 16.3. The Morgan fingerprint density at radius 1 is 1.22 bits per heavy atom. The van der Waals surface area contributed by atoms with Crippen molar-refractivity contribution in [3.05, 3.63) is 57.3 Å². The molecule has 120 valence electrons. The van der Waals surface area contributed by atoms with Gasteiger partial charge in [0.05, 0.1) is 19.1 Å². The first kappa shape index (κ1) is 14.9. The summed E-state index contributed by atoms with van der Waals surface area (Å²) in [6.45, 7) is 2.32. The molecule has 1 aromatic heterocycles.